The minimum atomic E-state index is -0.143. The maximum absolute atomic E-state index is 12.9. The summed E-state index contributed by atoms with van der Waals surface area (Å²) >= 11 is 0. The van der Waals surface area contributed by atoms with Crippen LogP contribution in [0.25, 0.3) is 11.0 Å². The highest BCUT2D eigenvalue weighted by Gasteiger charge is 2.19. The van der Waals surface area contributed by atoms with Crippen LogP contribution in [0.5, 0.6) is 0 Å². The van der Waals surface area contributed by atoms with Crippen molar-refractivity contribution in [2.24, 2.45) is 7.05 Å². The highest BCUT2D eigenvalue weighted by atomic mass is 16.1. The largest absolute Gasteiger partial charge is 0.322 e. The lowest BCUT2D eigenvalue weighted by molar-refractivity contribution is 0.102. The Hall–Kier alpha value is -2.73. The molecule has 2 aromatic heterocycles. The van der Waals surface area contributed by atoms with Crippen LogP contribution in [0.3, 0.4) is 0 Å². The van der Waals surface area contributed by atoms with Crippen molar-refractivity contribution in [3.8, 4) is 0 Å². The lowest BCUT2D eigenvalue weighted by Crippen LogP contribution is -2.33. The molecule has 1 fully saturated rings. The normalized spacial score (nSPS) is 15.2. The van der Waals surface area contributed by atoms with Crippen molar-refractivity contribution >= 4 is 22.6 Å². The van der Waals surface area contributed by atoms with Gasteiger partial charge in [-0.25, -0.2) is 4.98 Å². The number of nitrogens with zero attached hydrogens (tertiary/aromatic N) is 4. The average Bonchev–Trinajstić information content (AvgIpc) is 3.03. The van der Waals surface area contributed by atoms with E-state index >= 15 is 0 Å². The second-order valence-corrected chi connectivity index (χ2v) is 8.12. The fraction of sp³-hybridized carbons (Fsp3) is 0.435. The lowest BCUT2D eigenvalue weighted by atomic mass is 9.94. The number of aromatic nitrogens is 3. The van der Waals surface area contributed by atoms with Gasteiger partial charge in [0, 0.05) is 36.9 Å². The number of carbonyl (C=O) groups is 1. The summed E-state index contributed by atoms with van der Waals surface area (Å²) in [6.07, 6.45) is 8.14. The van der Waals surface area contributed by atoms with E-state index in [2.05, 4.69) is 33.4 Å². The van der Waals surface area contributed by atoms with Gasteiger partial charge in [0.25, 0.3) is 5.91 Å². The maximum Gasteiger partial charge on any atom is 0.257 e. The number of aryl methyl sites for hydroxylation is 2. The Kier molecular flexibility index (Phi) is 5.62. The average molecular weight is 392 g/mol. The zero-order valence-electron chi connectivity index (χ0n) is 17.5. The van der Waals surface area contributed by atoms with Crippen LogP contribution in [-0.4, -0.2) is 38.7 Å². The highest BCUT2D eigenvalue weighted by molar-refractivity contribution is 6.06. The van der Waals surface area contributed by atoms with Crippen molar-refractivity contribution in [3.05, 3.63) is 53.3 Å². The van der Waals surface area contributed by atoms with Crippen LogP contribution in [-0.2, 0) is 13.6 Å². The van der Waals surface area contributed by atoms with Gasteiger partial charge in [-0.15, -0.1) is 0 Å². The van der Waals surface area contributed by atoms with Crippen LogP contribution >= 0.6 is 0 Å². The fourth-order valence-electron chi connectivity index (χ4n) is 4.33. The van der Waals surface area contributed by atoms with Crippen LogP contribution < -0.4 is 5.32 Å². The number of benzene rings is 1. The summed E-state index contributed by atoms with van der Waals surface area (Å²) in [5, 5.41) is 8.38. The highest BCUT2D eigenvalue weighted by Crippen LogP contribution is 2.25. The Morgan fingerprint density at radius 3 is 2.79 bits per heavy atom. The van der Waals surface area contributed by atoms with Crippen molar-refractivity contribution in [2.75, 3.05) is 12.4 Å². The molecule has 4 rings (SSSR count). The van der Waals surface area contributed by atoms with Crippen molar-refractivity contribution in [2.45, 2.75) is 51.6 Å². The van der Waals surface area contributed by atoms with Gasteiger partial charge in [0.15, 0.2) is 5.65 Å². The van der Waals surface area contributed by atoms with Crippen LogP contribution in [0.4, 0.5) is 5.69 Å². The molecule has 0 saturated heterocycles. The molecule has 29 heavy (non-hydrogen) atoms. The number of fused-ring (bicyclic) bond motifs is 1. The standard InChI is InChI=1S/C23H29N5O/c1-16-20-13-18(14-24-22(20)28(3)26-16)23(29)25-21-12-8-7-9-17(21)15-27(2)19-10-5-4-6-11-19/h7-9,12-14,19H,4-6,10-11,15H2,1-3H3,(H,25,29). The van der Waals surface area contributed by atoms with Crippen LogP contribution in [0.2, 0.25) is 0 Å². The van der Waals surface area contributed by atoms with E-state index in [0.29, 0.717) is 11.6 Å². The van der Waals surface area contributed by atoms with E-state index in [1.165, 1.54) is 32.1 Å². The number of para-hydroxylation sites is 1. The van der Waals surface area contributed by atoms with Crippen LogP contribution in [0, 0.1) is 6.92 Å². The molecule has 1 amide bonds. The summed E-state index contributed by atoms with van der Waals surface area (Å²) in [6.45, 7) is 2.77. The number of carbonyl (C=O) groups excluding carboxylic acids is 1. The second kappa shape index (κ2) is 8.33. The molecule has 1 N–H and O–H groups in total. The molecule has 6 nitrogen and oxygen atoms in total. The van der Waals surface area contributed by atoms with Crippen molar-refractivity contribution in [1.29, 1.82) is 0 Å². The molecule has 1 saturated carbocycles. The molecule has 0 aliphatic heterocycles. The maximum atomic E-state index is 12.9. The molecule has 1 aromatic carbocycles. The van der Waals surface area contributed by atoms with Gasteiger partial charge in [0.2, 0.25) is 0 Å². The molecule has 0 atom stereocenters. The smallest absolute Gasteiger partial charge is 0.257 e. The summed E-state index contributed by atoms with van der Waals surface area (Å²) < 4.78 is 1.74. The molecule has 1 aliphatic carbocycles. The molecular formula is C23H29N5O. The SMILES string of the molecule is Cc1nn(C)c2ncc(C(=O)Nc3ccccc3CN(C)C3CCCCC3)cc12. The molecule has 1 aliphatic rings. The molecule has 0 spiro atoms. The van der Waals surface area contributed by atoms with Gasteiger partial charge in [0.05, 0.1) is 11.3 Å². The van der Waals surface area contributed by atoms with E-state index in [1.54, 1.807) is 10.9 Å². The zero-order valence-corrected chi connectivity index (χ0v) is 17.5. The van der Waals surface area contributed by atoms with Crippen LogP contribution in [0.15, 0.2) is 36.5 Å². The second-order valence-electron chi connectivity index (χ2n) is 8.12. The van der Waals surface area contributed by atoms with E-state index in [-0.39, 0.29) is 5.91 Å². The minimum Gasteiger partial charge on any atom is -0.322 e. The predicted octanol–water partition coefficient (Wildman–Crippen LogP) is 4.29. The van der Waals surface area contributed by atoms with E-state index in [1.807, 2.05) is 38.2 Å². The number of nitrogens with one attached hydrogen (secondary N) is 1. The van der Waals surface area contributed by atoms with Gasteiger partial charge in [-0.05, 0) is 44.5 Å². The quantitative estimate of drug-likeness (QED) is 0.705. The minimum absolute atomic E-state index is 0.143. The number of hydrogen-bond donors (Lipinski definition) is 1. The fourth-order valence-corrected chi connectivity index (χ4v) is 4.33. The first-order valence-corrected chi connectivity index (χ1v) is 10.4. The third-order valence-electron chi connectivity index (χ3n) is 6.01. The summed E-state index contributed by atoms with van der Waals surface area (Å²) in [5.41, 5.74) is 4.21. The van der Waals surface area contributed by atoms with Gasteiger partial charge in [-0.1, -0.05) is 37.5 Å². The van der Waals surface area contributed by atoms with Gasteiger partial charge in [-0.3, -0.25) is 14.4 Å². The first-order chi connectivity index (χ1) is 14.0. The summed E-state index contributed by atoms with van der Waals surface area (Å²) in [6, 6.07) is 10.6. The van der Waals surface area contributed by atoms with E-state index in [0.717, 1.165) is 34.5 Å². The number of rotatable bonds is 5. The first kappa shape index (κ1) is 19.6. The molecule has 3 aromatic rings. The predicted molar refractivity (Wildman–Crippen MR) is 116 cm³/mol. The number of pyridine rings is 1. The summed E-state index contributed by atoms with van der Waals surface area (Å²) in [4.78, 5) is 19.8. The van der Waals surface area contributed by atoms with E-state index in [9.17, 15) is 4.79 Å². The number of hydrogen-bond acceptors (Lipinski definition) is 4. The Balaban J connectivity index is 1.52. The van der Waals surface area contributed by atoms with Gasteiger partial charge in [-0.2, -0.15) is 5.10 Å². The van der Waals surface area contributed by atoms with Crippen molar-refractivity contribution < 1.29 is 4.79 Å². The summed E-state index contributed by atoms with van der Waals surface area (Å²) in [7, 11) is 4.05. The van der Waals surface area contributed by atoms with E-state index < -0.39 is 0 Å². The third kappa shape index (κ3) is 4.17. The lowest BCUT2D eigenvalue weighted by Gasteiger charge is -2.31. The Morgan fingerprint density at radius 1 is 1.24 bits per heavy atom. The molecule has 6 heteroatoms. The van der Waals surface area contributed by atoms with Gasteiger partial charge in [0.1, 0.15) is 0 Å². The summed E-state index contributed by atoms with van der Waals surface area (Å²) in [5.74, 6) is -0.143. The Morgan fingerprint density at radius 2 is 2.00 bits per heavy atom. The van der Waals surface area contributed by atoms with Crippen molar-refractivity contribution in [3.63, 3.8) is 0 Å². The molecule has 0 unspecified atom stereocenters. The number of amides is 1. The van der Waals surface area contributed by atoms with Crippen molar-refractivity contribution in [1.82, 2.24) is 19.7 Å². The molecular weight excluding hydrogens is 362 g/mol. The van der Waals surface area contributed by atoms with Gasteiger partial charge < -0.3 is 5.32 Å². The third-order valence-corrected chi connectivity index (χ3v) is 6.01. The zero-order chi connectivity index (χ0) is 20.4. The van der Waals surface area contributed by atoms with Crippen LogP contribution in [0.1, 0.15) is 53.7 Å². The van der Waals surface area contributed by atoms with Gasteiger partial charge >= 0.3 is 0 Å². The van der Waals surface area contributed by atoms with E-state index in [4.69, 9.17) is 0 Å². The first-order valence-electron chi connectivity index (χ1n) is 10.4. The topological polar surface area (TPSA) is 63.1 Å². The monoisotopic (exact) mass is 391 g/mol. The Labute approximate surface area is 171 Å². The molecule has 0 radical (unpaired) electrons. The number of anilines is 1. The molecule has 2 heterocycles. The Bertz CT molecular complexity index is 1020. The molecule has 152 valence electrons. The molecule has 0 bridgehead atoms.